The van der Waals surface area contributed by atoms with E-state index in [0.717, 1.165) is 21.5 Å². The minimum atomic E-state index is -0.536. The van der Waals surface area contributed by atoms with E-state index in [4.69, 9.17) is 4.74 Å². The van der Waals surface area contributed by atoms with Crippen molar-refractivity contribution in [2.24, 2.45) is 7.05 Å². The molecule has 0 aliphatic carbocycles. The van der Waals surface area contributed by atoms with Crippen LogP contribution >= 0.6 is 11.3 Å². The lowest BCUT2D eigenvalue weighted by Gasteiger charge is -2.19. The molecular formula is C21H26N4O3S. The van der Waals surface area contributed by atoms with E-state index in [-0.39, 0.29) is 5.91 Å². The van der Waals surface area contributed by atoms with Gasteiger partial charge in [-0.05, 0) is 57.9 Å². The number of hydrogen-bond acceptors (Lipinski definition) is 5. The molecule has 3 aromatic rings. The topological polar surface area (TPSA) is 85.3 Å². The molecule has 0 radical (unpaired) electrons. The lowest BCUT2D eigenvalue weighted by molar-refractivity contribution is 0.0635. The molecule has 3 rings (SSSR count). The first kappa shape index (κ1) is 20.9. The van der Waals surface area contributed by atoms with Crippen LogP contribution in [-0.4, -0.2) is 33.9 Å². The summed E-state index contributed by atoms with van der Waals surface area (Å²) in [6.45, 7) is 7.93. The zero-order valence-electron chi connectivity index (χ0n) is 17.3. The highest BCUT2D eigenvalue weighted by Crippen LogP contribution is 2.27. The number of aryl methyl sites for hydroxylation is 2. The summed E-state index contributed by atoms with van der Waals surface area (Å²) in [5.74, 6) is -0.0752. The molecule has 0 saturated heterocycles. The highest BCUT2D eigenvalue weighted by atomic mass is 32.1. The van der Waals surface area contributed by atoms with Crippen LogP contribution in [0.5, 0.6) is 0 Å². The normalized spacial score (nSPS) is 11.5. The van der Waals surface area contributed by atoms with Crippen molar-refractivity contribution in [3.63, 3.8) is 0 Å². The van der Waals surface area contributed by atoms with Gasteiger partial charge in [0.1, 0.15) is 10.4 Å². The van der Waals surface area contributed by atoms with E-state index in [2.05, 4.69) is 15.7 Å². The van der Waals surface area contributed by atoms with E-state index in [1.807, 2.05) is 65.1 Å². The van der Waals surface area contributed by atoms with Gasteiger partial charge < -0.3 is 10.1 Å². The number of carbonyl (C=O) groups excluding carboxylic acids is 2. The molecule has 0 aliphatic rings. The monoisotopic (exact) mass is 414 g/mol. The van der Waals surface area contributed by atoms with Crippen molar-refractivity contribution in [1.82, 2.24) is 15.1 Å². The Labute approximate surface area is 174 Å². The first-order chi connectivity index (χ1) is 13.6. The molecule has 0 spiro atoms. The van der Waals surface area contributed by atoms with Gasteiger partial charge in [-0.2, -0.15) is 5.10 Å². The highest BCUT2D eigenvalue weighted by Gasteiger charge is 2.16. The smallest absolute Gasteiger partial charge is 0.412 e. The average Bonchev–Trinajstić information content (AvgIpc) is 3.16. The van der Waals surface area contributed by atoms with Crippen molar-refractivity contribution < 1.29 is 14.3 Å². The van der Waals surface area contributed by atoms with Crippen molar-refractivity contribution in [2.45, 2.75) is 39.7 Å². The lowest BCUT2D eigenvalue weighted by atomic mass is 10.1. The maximum Gasteiger partial charge on any atom is 0.412 e. The number of benzene rings is 1. The first-order valence-corrected chi connectivity index (χ1v) is 10.2. The van der Waals surface area contributed by atoms with Crippen molar-refractivity contribution in [3.05, 3.63) is 46.5 Å². The molecule has 8 heteroatoms. The second-order valence-corrected chi connectivity index (χ2v) is 8.90. The second-order valence-electron chi connectivity index (χ2n) is 7.87. The Bertz CT molecular complexity index is 994. The summed E-state index contributed by atoms with van der Waals surface area (Å²) >= 11 is 1.45. The fourth-order valence-corrected chi connectivity index (χ4v) is 3.94. The molecular weight excluding hydrogens is 388 g/mol. The van der Waals surface area contributed by atoms with Crippen LogP contribution in [0.1, 0.15) is 41.7 Å². The predicted octanol–water partition coefficient (Wildman–Crippen LogP) is 4.26. The van der Waals surface area contributed by atoms with Crippen LogP contribution in [-0.2, 0) is 18.2 Å². The van der Waals surface area contributed by atoms with Gasteiger partial charge in [0.15, 0.2) is 0 Å². The van der Waals surface area contributed by atoms with Crippen molar-refractivity contribution in [2.75, 3.05) is 11.9 Å². The maximum absolute atomic E-state index is 12.4. The molecule has 0 unspecified atom stereocenters. The fourth-order valence-electron chi connectivity index (χ4n) is 2.90. The quantitative estimate of drug-likeness (QED) is 0.653. The van der Waals surface area contributed by atoms with E-state index in [1.54, 1.807) is 4.68 Å². The minimum Gasteiger partial charge on any atom is -0.444 e. The molecule has 1 aromatic carbocycles. The standard InChI is InChI=1S/C21H26N4O3S/c1-13-16-12-17(29-19(16)25(5)24-13)18(26)22-11-10-14-6-8-15(9-7-14)23-20(27)28-21(2,3)4/h6-9,12H,10-11H2,1-5H3,(H,22,26)(H,23,27). The number of carbonyl (C=O) groups is 2. The number of rotatable bonds is 5. The number of thiophene rings is 1. The van der Waals surface area contributed by atoms with Crippen LogP contribution in [0.2, 0.25) is 0 Å². The molecule has 2 heterocycles. The van der Waals surface area contributed by atoms with Gasteiger partial charge in [-0.15, -0.1) is 11.3 Å². The summed E-state index contributed by atoms with van der Waals surface area (Å²) in [6, 6.07) is 9.39. The summed E-state index contributed by atoms with van der Waals surface area (Å²) in [6.07, 6.45) is 0.218. The van der Waals surface area contributed by atoms with Gasteiger partial charge in [-0.3, -0.25) is 14.8 Å². The Kier molecular flexibility index (Phi) is 5.93. The van der Waals surface area contributed by atoms with Gasteiger partial charge in [0.05, 0.1) is 10.6 Å². The molecule has 29 heavy (non-hydrogen) atoms. The Morgan fingerprint density at radius 1 is 1.21 bits per heavy atom. The third-order valence-corrected chi connectivity index (χ3v) is 5.42. The van der Waals surface area contributed by atoms with Gasteiger partial charge >= 0.3 is 6.09 Å². The van der Waals surface area contributed by atoms with E-state index in [9.17, 15) is 9.59 Å². The van der Waals surface area contributed by atoms with Crippen molar-refractivity contribution in [1.29, 1.82) is 0 Å². The van der Waals surface area contributed by atoms with Crippen LogP contribution in [0.25, 0.3) is 10.2 Å². The SMILES string of the molecule is Cc1nn(C)c2sc(C(=O)NCCc3ccc(NC(=O)OC(C)(C)C)cc3)cc12. The zero-order valence-corrected chi connectivity index (χ0v) is 18.1. The number of amides is 2. The molecule has 0 aliphatic heterocycles. The lowest BCUT2D eigenvalue weighted by Crippen LogP contribution is -2.27. The van der Waals surface area contributed by atoms with Gasteiger partial charge in [-0.1, -0.05) is 12.1 Å². The Morgan fingerprint density at radius 2 is 1.90 bits per heavy atom. The Morgan fingerprint density at radius 3 is 2.52 bits per heavy atom. The molecule has 2 aromatic heterocycles. The summed E-state index contributed by atoms with van der Waals surface area (Å²) in [7, 11) is 1.88. The van der Waals surface area contributed by atoms with Crippen LogP contribution < -0.4 is 10.6 Å². The molecule has 7 nitrogen and oxygen atoms in total. The predicted molar refractivity (Wildman–Crippen MR) is 116 cm³/mol. The molecule has 2 amide bonds. The zero-order chi connectivity index (χ0) is 21.2. The van der Waals surface area contributed by atoms with E-state index >= 15 is 0 Å². The number of nitrogens with one attached hydrogen (secondary N) is 2. The van der Waals surface area contributed by atoms with Gasteiger partial charge in [0, 0.05) is 24.7 Å². The number of nitrogens with zero attached hydrogens (tertiary/aromatic N) is 2. The third-order valence-electron chi connectivity index (χ3n) is 4.22. The fraction of sp³-hybridized carbons (Fsp3) is 0.381. The highest BCUT2D eigenvalue weighted by molar-refractivity contribution is 7.20. The van der Waals surface area contributed by atoms with Crippen molar-refractivity contribution in [3.8, 4) is 0 Å². The van der Waals surface area contributed by atoms with E-state index < -0.39 is 11.7 Å². The summed E-state index contributed by atoms with van der Waals surface area (Å²) in [5, 5.41) is 11.0. The molecule has 0 saturated carbocycles. The van der Waals surface area contributed by atoms with Gasteiger partial charge in [0.2, 0.25) is 0 Å². The second kappa shape index (κ2) is 8.24. The number of fused-ring (bicyclic) bond motifs is 1. The maximum atomic E-state index is 12.4. The third kappa shape index (κ3) is 5.35. The minimum absolute atomic E-state index is 0.0752. The average molecular weight is 415 g/mol. The van der Waals surface area contributed by atoms with Gasteiger partial charge in [0.25, 0.3) is 5.91 Å². The number of anilines is 1. The van der Waals surface area contributed by atoms with Crippen LogP contribution in [0, 0.1) is 6.92 Å². The number of ether oxygens (including phenoxy) is 1. The molecule has 154 valence electrons. The molecule has 0 fully saturated rings. The van der Waals surface area contributed by atoms with Gasteiger partial charge in [-0.25, -0.2) is 4.79 Å². The number of aromatic nitrogens is 2. The molecule has 2 N–H and O–H groups in total. The summed E-state index contributed by atoms with van der Waals surface area (Å²) in [5.41, 5.74) is 2.13. The number of hydrogen-bond donors (Lipinski definition) is 2. The van der Waals surface area contributed by atoms with Crippen LogP contribution in [0.3, 0.4) is 0 Å². The summed E-state index contributed by atoms with van der Waals surface area (Å²) < 4.78 is 7.04. The first-order valence-electron chi connectivity index (χ1n) is 9.42. The Balaban J connectivity index is 1.50. The molecule has 0 atom stereocenters. The van der Waals surface area contributed by atoms with E-state index in [0.29, 0.717) is 23.5 Å². The Hall–Kier alpha value is -2.87. The molecule has 0 bridgehead atoms. The summed E-state index contributed by atoms with van der Waals surface area (Å²) in [4.78, 5) is 25.9. The van der Waals surface area contributed by atoms with E-state index in [1.165, 1.54) is 11.3 Å². The van der Waals surface area contributed by atoms with Crippen LogP contribution in [0.15, 0.2) is 30.3 Å². The van der Waals surface area contributed by atoms with Crippen LogP contribution in [0.4, 0.5) is 10.5 Å². The largest absolute Gasteiger partial charge is 0.444 e. The van der Waals surface area contributed by atoms with Crippen molar-refractivity contribution >= 4 is 39.2 Å².